The van der Waals surface area contributed by atoms with Gasteiger partial charge >= 0.3 is 0 Å². The molecule has 0 atom stereocenters. The molecular formula is C27H28N2O5. The number of rotatable bonds is 11. The van der Waals surface area contributed by atoms with Crippen molar-refractivity contribution in [3.8, 4) is 17.2 Å². The molecule has 0 saturated heterocycles. The number of ketones is 1. The standard InChI is InChI=1S/C27H28N2O5/c1-32-22-13-7-19(8-14-22)25(28-29-27(31)21-11-17-24(34-3)18-12-21)5-4-6-26(30)20-9-15-23(33-2)16-10-20/h7-18H,4-6H2,1-3H3,(H,29,31)/b28-25-. The van der Waals surface area contributed by atoms with Crippen LogP contribution in [0.15, 0.2) is 77.9 Å². The average molecular weight is 461 g/mol. The van der Waals surface area contributed by atoms with Crippen molar-refractivity contribution in [3.05, 3.63) is 89.5 Å². The third kappa shape index (κ3) is 6.68. The minimum Gasteiger partial charge on any atom is -0.497 e. The number of methoxy groups -OCH3 is 3. The summed E-state index contributed by atoms with van der Waals surface area (Å²) >= 11 is 0. The molecular weight excluding hydrogens is 432 g/mol. The Balaban J connectivity index is 1.69. The van der Waals surface area contributed by atoms with E-state index >= 15 is 0 Å². The fourth-order valence-electron chi connectivity index (χ4n) is 3.31. The molecule has 0 aromatic heterocycles. The highest BCUT2D eigenvalue weighted by atomic mass is 16.5. The van der Waals surface area contributed by atoms with Crippen molar-refractivity contribution in [2.45, 2.75) is 19.3 Å². The van der Waals surface area contributed by atoms with Gasteiger partial charge in [-0.1, -0.05) is 0 Å². The van der Waals surface area contributed by atoms with E-state index in [0.29, 0.717) is 47.6 Å². The van der Waals surface area contributed by atoms with Crippen LogP contribution in [0.3, 0.4) is 0 Å². The van der Waals surface area contributed by atoms with Gasteiger partial charge in [0.25, 0.3) is 5.91 Å². The fraction of sp³-hybridized carbons (Fsp3) is 0.222. The number of hydrazone groups is 1. The largest absolute Gasteiger partial charge is 0.497 e. The lowest BCUT2D eigenvalue weighted by Gasteiger charge is -2.09. The normalized spacial score (nSPS) is 11.0. The van der Waals surface area contributed by atoms with E-state index in [9.17, 15) is 9.59 Å². The number of carbonyl (C=O) groups is 2. The van der Waals surface area contributed by atoms with Crippen LogP contribution in [0.1, 0.15) is 45.5 Å². The first-order valence-corrected chi connectivity index (χ1v) is 10.9. The molecule has 1 N–H and O–H groups in total. The van der Waals surface area contributed by atoms with Gasteiger partial charge in [0.15, 0.2) is 5.78 Å². The number of nitrogens with zero attached hydrogens (tertiary/aromatic N) is 1. The van der Waals surface area contributed by atoms with Gasteiger partial charge in [-0.3, -0.25) is 9.59 Å². The molecule has 176 valence electrons. The van der Waals surface area contributed by atoms with Crippen molar-refractivity contribution in [2.24, 2.45) is 5.10 Å². The first kappa shape index (κ1) is 24.5. The van der Waals surface area contributed by atoms with Gasteiger partial charge in [-0.2, -0.15) is 5.10 Å². The number of nitrogens with one attached hydrogen (secondary N) is 1. The lowest BCUT2D eigenvalue weighted by Crippen LogP contribution is -2.20. The molecule has 7 nitrogen and oxygen atoms in total. The van der Waals surface area contributed by atoms with Gasteiger partial charge in [-0.15, -0.1) is 0 Å². The molecule has 0 heterocycles. The maximum Gasteiger partial charge on any atom is 0.271 e. The average Bonchev–Trinajstić information content (AvgIpc) is 2.90. The number of Topliss-reactive ketones (excluding diaryl/α,β-unsaturated/α-hetero) is 1. The minimum absolute atomic E-state index is 0.0407. The van der Waals surface area contributed by atoms with Crippen LogP contribution in [0.2, 0.25) is 0 Å². The maximum atomic E-state index is 12.6. The summed E-state index contributed by atoms with van der Waals surface area (Å²) < 4.78 is 15.5. The number of carbonyl (C=O) groups excluding carboxylic acids is 2. The van der Waals surface area contributed by atoms with E-state index in [1.165, 1.54) is 0 Å². The Morgan fingerprint density at radius 1 is 0.647 bits per heavy atom. The molecule has 34 heavy (non-hydrogen) atoms. The molecule has 0 bridgehead atoms. The molecule has 0 aliphatic carbocycles. The van der Waals surface area contributed by atoms with E-state index in [1.807, 2.05) is 24.3 Å². The summed E-state index contributed by atoms with van der Waals surface area (Å²) in [5.74, 6) is 1.81. The SMILES string of the molecule is COc1ccc(C(=O)CCC/C(=N/NC(=O)c2ccc(OC)cc2)c2ccc(OC)cc2)cc1. The highest BCUT2D eigenvalue weighted by Gasteiger charge is 2.11. The molecule has 0 aliphatic heterocycles. The van der Waals surface area contributed by atoms with Crippen molar-refractivity contribution in [2.75, 3.05) is 21.3 Å². The van der Waals surface area contributed by atoms with Gasteiger partial charge in [0.2, 0.25) is 0 Å². The zero-order valence-corrected chi connectivity index (χ0v) is 19.5. The number of ether oxygens (including phenoxy) is 3. The summed E-state index contributed by atoms with van der Waals surface area (Å²) in [6.07, 6.45) is 1.44. The van der Waals surface area contributed by atoms with Crippen molar-refractivity contribution in [1.29, 1.82) is 0 Å². The third-order valence-electron chi connectivity index (χ3n) is 5.30. The summed E-state index contributed by atoms with van der Waals surface area (Å²) in [6, 6.07) is 21.3. The molecule has 0 fully saturated rings. The van der Waals surface area contributed by atoms with Crippen molar-refractivity contribution in [1.82, 2.24) is 5.43 Å². The molecule has 0 saturated carbocycles. The summed E-state index contributed by atoms with van der Waals surface area (Å²) in [5.41, 5.74) is 5.24. The number of hydrogen-bond donors (Lipinski definition) is 1. The number of hydrogen-bond acceptors (Lipinski definition) is 6. The second-order valence-electron chi connectivity index (χ2n) is 7.46. The molecule has 0 unspecified atom stereocenters. The molecule has 0 radical (unpaired) electrons. The molecule has 3 aromatic rings. The zero-order chi connectivity index (χ0) is 24.3. The summed E-state index contributed by atoms with van der Waals surface area (Å²) in [4.78, 5) is 25.1. The molecule has 3 rings (SSSR count). The van der Waals surface area contributed by atoms with Crippen molar-refractivity contribution >= 4 is 17.4 Å². The first-order chi connectivity index (χ1) is 16.5. The highest BCUT2D eigenvalue weighted by Crippen LogP contribution is 2.17. The van der Waals surface area contributed by atoms with Crippen LogP contribution in [0, 0.1) is 0 Å². The van der Waals surface area contributed by atoms with Gasteiger partial charge < -0.3 is 14.2 Å². The summed E-state index contributed by atoms with van der Waals surface area (Å²) in [5, 5.41) is 4.38. The van der Waals surface area contributed by atoms with E-state index in [0.717, 1.165) is 11.3 Å². The minimum atomic E-state index is -0.331. The smallest absolute Gasteiger partial charge is 0.271 e. The predicted octanol–water partition coefficient (Wildman–Crippen LogP) is 4.90. The van der Waals surface area contributed by atoms with Crippen LogP contribution in [0.25, 0.3) is 0 Å². The molecule has 0 spiro atoms. The lowest BCUT2D eigenvalue weighted by atomic mass is 10.0. The van der Waals surface area contributed by atoms with Gasteiger partial charge in [0.1, 0.15) is 17.2 Å². The second-order valence-corrected chi connectivity index (χ2v) is 7.46. The molecule has 0 aliphatic rings. The second kappa shape index (κ2) is 12.2. The van der Waals surface area contributed by atoms with Crippen LogP contribution in [0.5, 0.6) is 17.2 Å². The van der Waals surface area contributed by atoms with Gasteiger partial charge in [-0.25, -0.2) is 5.43 Å². The predicted molar refractivity (Wildman–Crippen MR) is 131 cm³/mol. The Hall–Kier alpha value is -4.13. The highest BCUT2D eigenvalue weighted by molar-refractivity contribution is 6.03. The molecule has 7 heteroatoms. The van der Waals surface area contributed by atoms with Crippen LogP contribution in [-0.2, 0) is 0 Å². The van der Waals surface area contributed by atoms with E-state index < -0.39 is 0 Å². The van der Waals surface area contributed by atoms with Gasteiger partial charge in [-0.05, 0) is 91.2 Å². The van der Waals surface area contributed by atoms with E-state index in [4.69, 9.17) is 14.2 Å². The number of amides is 1. The van der Waals surface area contributed by atoms with E-state index in [2.05, 4.69) is 10.5 Å². The van der Waals surface area contributed by atoms with E-state index in [-0.39, 0.29) is 11.7 Å². The Bertz CT molecular complexity index is 1120. The Morgan fingerprint density at radius 3 is 1.56 bits per heavy atom. The number of benzene rings is 3. The van der Waals surface area contributed by atoms with E-state index in [1.54, 1.807) is 69.9 Å². The molecule has 1 amide bonds. The zero-order valence-electron chi connectivity index (χ0n) is 19.5. The Morgan fingerprint density at radius 2 is 1.09 bits per heavy atom. The summed E-state index contributed by atoms with van der Waals surface area (Å²) in [6.45, 7) is 0. The molecule has 3 aromatic carbocycles. The van der Waals surface area contributed by atoms with Crippen LogP contribution in [0.4, 0.5) is 0 Å². The van der Waals surface area contributed by atoms with Crippen LogP contribution < -0.4 is 19.6 Å². The van der Waals surface area contributed by atoms with Gasteiger partial charge in [0.05, 0.1) is 27.0 Å². The van der Waals surface area contributed by atoms with Crippen molar-refractivity contribution in [3.63, 3.8) is 0 Å². The lowest BCUT2D eigenvalue weighted by molar-refractivity contribution is 0.0951. The first-order valence-electron chi connectivity index (χ1n) is 10.9. The quantitative estimate of drug-likeness (QED) is 0.250. The summed E-state index contributed by atoms with van der Waals surface area (Å²) in [7, 11) is 4.76. The van der Waals surface area contributed by atoms with Crippen LogP contribution in [-0.4, -0.2) is 38.7 Å². The topological polar surface area (TPSA) is 86.2 Å². The van der Waals surface area contributed by atoms with Crippen LogP contribution >= 0.6 is 0 Å². The third-order valence-corrected chi connectivity index (χ3v) is 5.30. The fourth-order valence-corrected chi connectivity index (χ4v) is 3.31. The Labute approximate surface area is 199 Å². The maximum absolute atomic E-state index is 12.6. The van der Waals surface area contributed by atoms with Gasteiger partial charge in [0, 0.05) is 17.5 Å². The monoisotopic (exact) mass is 460 g/mol. The van der Waals surface area contributed by atoms with Crippen molar-refractivity contribution < 1.29 is 23.8 Å². The Kier molecular flexibility index (Phi) is 8.80.